The van der Waals surface area contributed by atoms with Crippen LogP contribution in [0.3, 0.4) is 0 Å². The lowest BCUT2D eigenvalue weighted by molar-refractivity contribution is -0.132. The van der Waals surface area contributed by atoms with Crippen LogP contribution < -0.4 is 0 Å². The van der Waals surface area contributed by atoms with Gasteiger partial charge < -0.3 is 5.11 Å². The molecule has 0 aromatic rings. The highest BCUT2D eigenvalue weighted by atomic mass is 16.4. The largest absolute Gasteiger partial charge is 0.478 e. The number of hydrogen-bond donors (Lipinski definition) is 1. The van der Waals surface area contributed by atoms with Gasteiger partial charge >= 0.3 is 5.97 Å². The first-order valence-corrected chi connectivity index (χ1v) is 5.68. The molecule has 0 aliphatic heterocycles. The molecule has 0 radical (unpaired) electrons. The maximum atomic E-state index is 10.8. The van der Waals surface area contributed by atoms with Crippen molar-refractivity contribution in [3.8, 4) is 0 Å². The summed E-state index contributed by atoms with van der Waals surface area (Å²) >= 11 is 0. The van der Waals surface area contributed by atoms with E-state index in [9.17, 15) is 4.79 Å². The molecule has 0 unspecified atom stereocenters. The Morgan fingerprint density at radius 1 is 1.29 bits per heavy atom. The predicted molar refractivity (Wildman–Crippen MR) is 57.2 cm³/mol. The Kier molecular flexibility index (Phi) is 4.71. The van der Waals surface area contributed by atoms with E-state index in [-0.39, 0.29) is 0 Å². The minimum absolute atomic E-state index is 0.517. The average molecular weight is 196 g/mol. The van der Waals surface area contributed by atoms with Crippen LogP contribution in [-0.2, 0) is 4.79 Å². The Labute approximate surface area is 86.0 Å². The normalized spacial score (nSPS) is 20.5. The van der Waals surface area contributed by atoms with Gasteiger partial charge in [0.1, 0.15) is 0 Å². The Bertz CT molecular complexity index is 210. The second-order valence-corrected chi connectivity index (χ2v) is 4.10. The van der Waals surface area contributed by atoms with Crippen LogP contribution in [0.2, 0.25) is 0 Å². The van der Waals surface area contributed by atoms with Gasteiger partial charge in [0, 0.05) is 5.57 Å². The molecule has 2 heteroatoms. The Morgan fingerprint density at radius 2 is 1.86 bits per heavy atom. The van der Waals surface area contributed by atoms with Gasteiger partial charge in [-0.15, -0.1) is 0 Å². The molecule has 2 nitrogen and oxygen atoms in total. The SMILES string of the molecule is CC/C(=C\C1CCCCCC1)C(=O)O. The maximum Gasteiger partial charge on any atom is 0.331 e. The summed E-state index contributed by atoms with van der Waals surface area (Å²) in [6, 6.07) is 0. The number of carboxylic acid groups (broad SMARTS) is 1. The van der Waals surface area contributed by atoms with Crippen molar-refractivity contribution in [2.24, 2.45) is 5.92 Å². The zero-order chi connectivity index (χ0) is 10.4. The predicted octanol–water partition coefficient (Wildman–Crippen LogP) is 3.38. The fourth-order valence-corrected chi connectivity index (χ4v) is 2.10. The fourth-order valence-electron chi connectivity index (χ4n) is 2.10. The zero-order valence-corrected chi connectivity index (χ0v) is 8.96. The van der Waals surface area contributed by atoms with E-state index < -0.39 is 5.97 Å². The van der Waals surface area contributed by atoms with Gasteiger partial charge in [-0.3, -0.25) is 0 Å². The summed E-state index contributed by atoms with van der Waals surface area (Å²) in [4.78, 5) is 10.8. The molecule has 0 amide bonds. The molecular weight excluding hydrogens is 176 g/mol. The number of rotatable bonds is 3. The Morgan fingerprint density at radius 3 is 2.29 bits per heavy atom. The molecule has 1 N–H and O–H groups in total. The smallest absolute Gasteiger partial charge is 0.331 e. The molecule has 0 saturated heterocycles. The van der Waals surface area contributed by atoms with Crippen molar-refractivity contribution in [1.29, 1.82) is 0 Å². The van der Waals surface area contributed by atoms with Crippen molar-refractivity contribution >= 4 is 5.97 Å². The van der Waals surface area contributed by atoms with Crippen LogP contribution in [0, 0.1) is 5.92 Å². The van der Waals surface area contributed by atoms with Crippen LogP contribution in [0.15, 0.2) is 11.6 Å². The van der Waals surface area contributed by atoms with Gasteiger partial charge in [0.25, 0.3) is 0 Å². The number of allylic oxidation sites excluding steroid dienone is 1. The summed E-state index contributed by atoms with van der Waals surface area (Å²) in [7, 11) is 0. The second kappa shape index (κ2) is 5.84. The summed E-state index contributed by atoms with van der Waals surface area (Å²) in [6.45, 7) is 1.91. The van der Waals surface area contributed by atoms with Gasteiger partial charge in [0.2, 0.25) is 0 Å². The van der Waals surface area contributed by atoms with Gasteiger partial charge in [-0.1, -0.05) is 38.7 Å². The average Bonchev–Trinajstić information content (AvgIpc) is 2.41. The number of carboxylic acids is 1. The monoisotopic (exact) mass is 196 g/mol. The lowest BCUT2D eigenvalue weighted by atomic mass is 9.96. The zero-order valence-electron chi connectivity index (χ0n) is 8.96. The van der Waals surface area contributed by atoms with Crippen molar-refractivity contribution < 1.29 is 9.90 Å². The highest BCUT2D eigenvalue weighted by Gasteiger charge is 2.12. The Balaban J connectivity index is 2.57. The molecule has 0 aromatic heterocycles. The molecule has 0 aromatic carbocycles. The van der Waals surface area contributed by atoms with E-state index in [0.29, 0.717) is 17.9 Å². The van der Waals surface area contributed by atoms with Crippen molar-refractivity contribution in [1.82, 2.24) is 0 Å². The molecule has 1 saturated carbocycles. The first kappa shape index (κ1) is 11.3. The van der Waals surface area contributed by atoms with Crippen LogP contribution in [0.4, 0.5) is 0 Å². The number of aliphatic carboxylic acids is 1. The first-order valence-electron chi connectivity index (χ1n) is 5.68. The molecule has 0 spiro atoms. The maximum absolute atomic E-state index is 10.8. The quantitative estimate of drug-likeness (QED) is 0.555. The van der Waals surface area contributed by atoms with Crippen molar-refractivity contribution in [2.75, 3.05) is 0 Å². The standard InChI is InChI=1S/C12H20O2/c1-2-11(12(13)14)9-10-7-5-3-4-6-8-10/h9-10H,2-8H2,1H3,(H,13,14)/b11-9+. The molecule has 1 aliphatic rings. The highest BCUT2D eigenvalue weighted by molar-refractivity contribution is 5.86. The van der Waals surface area contributed by atoms with Gasteiger partial charge in [-0.2, -0.15) is 0 Å². The molecule has 80 valence electrons. The van der Waals surface area contributed by atoms with Gasteiger partial charge in [0.15, 0.2) is 0 Å². The summed E-state index contributed by atoms with van der Waals surface area (Å²) in [5.74, 6) is -0.222. The van der Waals surface area contributed by atoms with Crippen molar-refractivity contribution in [3.63, 3.8) is 0 Å². The molecule has 1 rings (SSSR count). The summed E-state index contributed by atoms with van der Waals surface area (Å²) in [6.07, 6.45) is 10.2. The topological polar surface area (TPSA) is 37.3 Å². The molecular formula is C12H20O2. The highest BCUT2D eigenvalue weighted by Crippen LogP contribution is 2.25. The van der Waals surface area contributed by atoms with E-state index in [1.165, 1.54) is 38.5 Å². The molecule has 1 aliphatic carbocycles. The van der Waals surface area contributed by atoms with E-state index in [1.54, 1.807) is 0 Å². The lowest BCUT2D eigenvalue weighted by Gasteiger charge is -2.09. The molecule has 0 heterocycles. The molecule has 1 fully saturated rings. The van der Waals surface area contributed by atoms with Crippen LogP contribution >= 0.6 is 0 Å². The van der Waals surface area contributed by atoms with Gasteiger partial charge in [0.05, 0.1) is 0 Å². The fraction of sp³-hybridized carbons (Fsp3) is 0.750. The summed E-state index contributed by atoms with van der Waals surface area (Å²) in [5.41, 5.74) is 0.594. The summed E-state index contributed by atoms with van der Waals surface area (Å²) in [5, 5.41) is 8.91. The summed E-state index contributed by atoms with van der Waals surface area (Å²) < 4.78 is 0. The van der Waals surface area contributed by atoms with Gasteiger partial charge in [-0.05, 0) is 25.2 Å². The number of carbonyl (C=O) groups is 1. The molecule has 0 bridgehead atoms. The third kappa shape index (κ3) is 3.52. The van der Waals surface area contributed by atoms with Crippen molar-refractivity contribution in [2.45, 2.75) is 51.9 Å². The van der Waals surface area contributed by atoms with Crippen LogP contribution in [-0.4, -0.2) is 11.1 Å². The lowest BCUT2D eigenvalue weighted by Crippen LogP contribution is -2.03. The molecule has 0 atom stereocenters. The third-order valence-electron chi connectivity index (χ3n) is 2.99. The van der Waals surface area contributed by atoms with Gasteiger partial charge in [-0.25, -0.2) is 4.79 Å². The van der Waals surface area contributed by atoms with Crippen molar-refractivity contribution in [3.05, 3.63) is 11.6 Å². The number of hydrogen-bond acceptors (Lipinski definition) is 1. The Hall–Kier alpha value is -0.790. The van der Waals surface area contributed by atoms with Crippen LogP contribution in [0.5, 0.6) is 0 Å². The molecule has 14 heavy (non-hydrogen) atoms. The first-order chi connectivity index (χ1) is 6.74. The van der Waals surface area contributed by atoms with E-state index in [0.717, 1.165) is 0 Å². The minimum Gasteiger partial charge on any atom is -0.478 e. The minimum atomic E-state index is -0.739. The van der Waals surface area contributed by atoms with E-state index in [4.69, 9.17) is 5.11 Å². The van der Waals surface area contributed by atoms with E-state index >= 15 is 0 Å². The third-order valence-corrected chi connectivity index (χ3v) is 2.99. The van der Waals surface area contributed by atoms with Crippen LogP contribution in [0.25, 0.3) is 0 Å². The van der Waals surface area contributed by atoms with E-state index in [1.807, 2.05) is 13.0 Å². The van der Waals surface area contributed by atoms with Crippen LogP contribution in [0.1, 0.15) is 51.9 Å². The second-order valence-electron chi connectivity index (χ2n) is 4.10. The van der Waals surface area contributed by atoms with E-state index in [2.05, 4.69) is 0 Å².